The molecule has 0 bridgehead atoms. The Kier molecular flexibility index (Phi) is 5.45. The molecule has 2 aromatic heterocycles. The van der Waals surface area contributed by atoms with Crippen LogP contribution in [0.15, 0.2) is 56.5 Å². The van der Waals surface area contributed by atoms with Crippen LogP contribution in [0.4, 0.5) is 5.13 Å². The highest BCUT2D eigenvalue weighted by atomic mass is 32.2. The van der Waals surface area contributed by atoms with Crippen molar-refractivity contribution in [3.63, 3.8) is 0 Å². The summed E-state index contributed by atoms with van der Waals surface area (Å²) in [6, 6.07) is 11.7. The first-order valence-corrected chi connectivity index (χ1v) is 10.6. The van der Waals surface area contributed by atoms with E-state index in [0.29, 0.717) is 6.42 Å². The van der Waals surface area contributed by atoms with Crippen molar-refractivity contribution in [2.24, 2.45) is 5.10 Å². The topological polar surface area (TPSA) is 83.6 Å². The molecule has 1 atom stereocenters. The maximum Gasteiger partial charge on any atom is 0.253 e. The molecule has 0 saturated carbocycles. The summed E-state index contributed by atoms with van der Waals surface area (Å²) in [5.74, 6) is 0.882. The first-order chi connectivity index (χ1) is 13.6. The van der Waals surface area contributed by atoms with Gasteiger partial charge >= 0.3 is 0 Å². The van der Waals surface area contributed by atoms with Gasteiger partial charge in [0.2, 0.25) is 5.13 Å². The number of thioether (sulfide) groups is 1. The second-order valence-corrected chi connectivity index (χ2v) is 8.50. The molecule has 144 valence electrons. The number of carbonyl (C=O) groups is 1. The number of nitrogens with one attached hydrogen (secondary N) is 1. The van der Waals surface area contributed by atoms with Gasteiger partial charge in [-0.3, -0.25) is 4.79 Å². The molecule has 1 aliphatic rings. The molecule has 9 heteroatoms. The molecule has 0 spiro atoms. The first-order valence-electron chi connectivity index (χ1n) is 8.78. The smallest absolute Gasteiger partial charge is 0.253 e. The van der Waals surface area contributed by atoms with Crippen molar-refractivity contribution < 1.29 is 9.21 Å². The number of aromatic nitrogens is 2. The minimum absolute atomic E-state index is 0.0882. The van der Waals surface area contributed by atoms with Crippen LogP contribution in [-0.2, 0) is 4.79 Å². The van der Waals surface area contributed by atoms with Crippen LogP contribution in [0.1, 0.15) is 29.3 Å². The Balaban J connectivity index is 1.53. The number of amides is 1. The predicted octanol–water partition coefficient (Wildman–Crippen LogP) is 3.95. The van der Waals surface area contributed by atoms with Crippen molar-refractivity contribution in [2.45, 2.75) is 23.7 Å². The largest absolute Gasteiger partial charge is 0.467 e. The zero-order chi connectivity index (χ0) is 19.5. The van der Waals surface area contributed by atoms with Crippen LogP contribution in [0.3, 0.4) is 0 Å². The third-order valence-electron chi connectivity index (χ3n) is 4.36. The van der Waals surface area contributed by atoms with Crippen LogP contribution in [0, 0.1) is 6.92 Å². The Hall–Kier alpha value is -2.65. The number of hydrazone groups is 1. The third kappa shape index (κ3) is 3.95. The van der Waals surface area contributed by atoms with Crippen molar-refractivity contribution in [3.05, 3.63) is 59.5 Å². The van der Waals surface area contributed by atoms with Gasteiger partial charge in [0.25, 0.3) is 5.91 Å². The van der Waals surface area contributed by atoms with E-state index in [2.05, 4.69) is 32.7 Å². The van der Waals surface area contributed by atoms with Crippen LogP contribution in [0.5, 0.6) is 0 Å². The number of anilines is 1. The highest BCUT2D eigenvalue weighted by Crippen LogP contribution is 2.34. The second-order valence-electron chi connectivity index (χ2n) is 6.30. The molecule has 0 unspecified atom stereocenters. The predicted molar refractivity (Wildman–Crippen MR) is 111 cm³/mol. The lowest BCUT2D eigenvalue weighted by molar-refractivity contribution is -0.130. The molecule has 1 amide bonds. The number of hydrogen-bond acceptors (Lipinski definition) is 8. The Labute approximate surface area is 170 Å². The lowest BCUT2D eigenvalue weighted by Crippen LogP contribution is -2.28. The summed E-state index contributed by atoms with van der Waals surface area (Å²) < 4.78 is 6.32. The average molecular weight is 414 g/mol. The number of furan rings is 1. The second kappa shape index (κ2) is 8.15. The van der Waals surface area contributed by atoms with Crippen LogP contribution in [-0.4, -0.2) is 39.6 Å². The molecule has 0 fully saturated rings. The minimum atomic E-state index is -0.235. The maximum atomic E-state index is 12.9. The van der Waals surface area contributed by atoms with Gasteiger partial charge < -0.3 is 9.73 Å². The number of nitrogens with zero attached hydrogens (tertiary/aromatic N) is 4. The standard InChI is InChI=1S/C19H19N5O2S2/c1-12-5-7-13(8-6-12)14-10-15(16-4-3-9-26-16)24(23-14)17(25)11-27-19-22-21-18(20-2)28-19/h3-9,15H,10-11H2,1-2H3,(H,20,21)/t15-/m0/s1. The maximum absolute atomic E-state index is 12.9. The monoisotopic (exact) mass is 413 g/mol. The molecule has 3 heterocycles. The van der Waals surface area contributed by atoms with E-state index in [-0.39, 0.29) is 17.7 Å². The Bertz CT molecular complexity index is 982. The van der Waals surface area contributed by atoms with Gasteiger partial charge in [0, 0.05) is 13.5 Å². The molecular formula is C19H19N5O2S2. The number of carbonyl (C=O) groups excluding carboxylic acids is 1. The number of rotatable bonds is 6. The van der Waals surface area contributed by atoms with Crippen LogP contribution in [0.25, 0.3) is 0 Å². The molecular weight excluding hydrogens is 394 g/mol. The van der Waals surface area contributed by atoms with Gasteiger partial charge in [0.15, 0.2) is 4.34 Å². The van der Waals surface area contributed by atoms with Crippen molar-refractivity contribution in [2.75, 3.05) is 18.1 Å². The fraction of sp³-hybridized carbons (Fsp3) is 0.263. The van der Waals surface area contributed by atoms with Gasteiger partial charge in [-0.05, 0) is 24.6 Å². The Morgan fingerprint density at radius 2 is 2.14 bits per heavy atom. The van der Waals surface area contributed by atoms with Gasteiger partial charge in [-0.25, -0.2) is 5.01 Å². The van der Waals surface area contributed by atoms with E-state index >= 15 is 0 Å². The molecule has 1 aromatic carbocycles. The molecule has 0 radical (unpaired) electrons. The molecule has 3 aromatic rings. The lowest BCUT2D eigenvalue weighted by atomic mass is 10.0. The fourth-order valence-electron chi connectivity index (χ4n) is 2.92. The van der Waals surface area contributed by atoms with E-state index in [4.69, 9.17) is 4.42 Å². The average Bonchev–Trinajstić information content (AvgIpc) is 3.46. The van der Waals surface area contributed by atoms with E-state index in [1.165, 1.54) is 28.7 Å². The van der Waals surface area contributed by atoms with E-state index in [9.17, 15) is 4.79 Å². The molecule has 0 aliphatic carbocycles. The van der Waals surface area contributed by atoms with E-state index in [0.717, 1.165) is 26.5 Å². The van der Waals surface area contributed by atoms with Crippen molar-refractivity contribution >= 4 is 39.8 Å². The van der Waals surface area contributed by atoms with Gasteiger partial charge in [-0.2, -0.15) is 5.10 Å². The summed E-state index contributed by atoms with van der Waals surface area (Å²) in [5, 5.41) is 17.9. The SMILES string of the molecule is CNc1nnc(SCC(=O)N2N=C(c3ccc(C)cc3)C[C@H]2c2ccco2)s1. The number of aryl methyl sites for hydroxylation is 1. The van der Waals surface area contributed by atoms with Crippen molar-refractivity contribution in [1.82, 2.24) is 15.2 Å². The zero-order valence-electron chi connectivity index (χ0n) is 15.5. The van der Waals surface area contributed by atoms with Gasteiger partial charge in [0.05, 0.1) is 17.7 Å². The number of benzene rings is 1. The highest BCUT2D eigenvalue weighted by molar-refractivity contribution is 8.01. The fourth-order valence-corrected chi connectivity index (χ4v) is 4.48. The van der Waals surface area contributed by atoms with E-state index < -0.39 is 0 Å². The third-order valence-corrected chi connectivity index (χ3v) is 6.42. The molecule has 4 rings (SSSR count). The van der Waals surface area contributed by atoms with Crippen molar-refractivity contribution in [3.8, 4) is 0 Å². The molecule has 1 aliphatic heterocycles. The van der Waals surface area contributed by atoms with Crippen LogP contribution < -0.4 is 5.32 Å². The summed E-state index contributed by atoms with van der Waals surface area (Å²) >= 11 is 2.78. The normalized spacial score (nSPS) is 16.3. The Morgan fingerprint density at radius 1 is 1.32 bits per heavy atom. The lowest BCUT2D eigenvalue weighted by Gasteiger charge is -2.19. The summed E-state index contributed by atoms with van der Waals surface area (Å²) in [6.07, 6.45) is 2.24. The summed E-state index contributed by atoms with van der Waals surface area (Å²) in [6.45, 7) is 2.05. The summed E-state index contributed by atoms with van der Waals surface area (Å²) in [5.41, 5.74) is 3.09. The van der Waals surface area contributed by atoms with Gasteiger partial charge in [0.1, 0.15) is 11.8 Å². The summed E-state index contributed by atoms with van der Waals surface area (Å²) in [7, 11) is 1.79. The van der Waals surface area contributed by atoms with Crippen LogP contribution in [0.2, 0.25) is 0 Å². The van der Waals surface area contributed by atoms with Gasteiger partial charge in [-0.15, -0.1) is 10.2 Å². The first kappa shape index (κ1) is 18.7. The highest BCUT2D eigenvalue weighted by Gasteiger charge is 2.34. The number of hydrogen-bond donors (Lipinski definition) is 1. The van der Waals surface area contributed by atoms with Crippen LogP contribution >= 0.6 is 23.1 Å². The van der Waals surface area contributed by atoms with Gasteiger partial charge in [-0.1, -0.05) is 52.9 Å². The van der Waals surface area contributed by atoms with Crippen molar-refractivity contribution in [1.29, 1.82) is 0 Å². The minimum Gasteiger partial charge on any atom is -0.467 e. The zero-order valence-corrected chi connectivity index (χ0v) is 17.1. The Morgan fingerprint density at radius 3 is 2.82 bits per heavy atom. The van der Waals surface area contributed by atoms with E-state index in [1.807, 2.05) is 31.2 Å². The molecule has 28 heavy (non-hydrogen) atoms. The van der Waals surface area contributed by atoms with E-state index in [1.54, 1.807) is 18.3 Å². The summed E-state index contributed by atoms with van der Waals surface area (Å²) in [4.78, 5) is 12.9. The quantitative estimate of drug-likeness (QED) is 0.616. The molecule has 1 N–H and O–H groups in total. The molecule has 0 saturated heterocycles. The molecule has 7 nitrogen and oxygen atoms in total.